The maximum Gasteiger partial charge on any atom is 0.223 e. The number of nitrogens with one attached hydrogen (secondary N) is 1. The average Bonchev–Trinajstić information content (AvgIpc) is 2.33. The lowest BCUT2D eigenvalue weighted by Gasteiger charge is -2.33. The van der Waals surface area contributed by atoms with Gasteiger partial charge >= 0.3 is 0 Å². The van der Waals surface area contributed by atoms with Crippen LogP contribution in [-0.2, 0) is 4.79 Å². The van der Waals surface area contributed by atoms with Crippen LogP contribution in [0.15, 0.2) is 24.3 Å². The number of benzene rings is 1. The molecule has 2 rings (SSSR count). The highest BCUT2D eigenvalue weighted by Gasteiger charge is 2.24. The van der Waals surface area contributed by atoms with Crippen LogP contribution < -0.4 is 10.2 Å². The normalized spacial score (nSPS) is 19.1. The van der Waals surface area contributed by atoms with E-state index in [2.05, 4.69) is 29.4 Å². The molecule has 0 saturated heterocycles. The van der Waals surface area contributed by atoms with E-state index >= 15 is 0 Å². The molecule has 17 heavy (non-hydrogen) atoms. The minimum absolute atomic E-state index is 0.0434. The number of rotatable bonds is 2. The van der Waals surface area contributed by atoms with Gasteiger partial charge in [-0.05, 0) is 18.1 Å². The molecule has 1 aliphatic rings. The predicted molar refractivity (Wildman–Crippen MR) is 70.1 cm³/mol. The van der Waals surface area contributed by atoms with Crippen molar-refractivity contribution in [3.63, 3.8) is 0 Å². The molecular weight excluding hydrogens is 212 g/mol. The topological polar surface area (TPSA) is 32.3 Å². The van der Waals surface area contributed by atoms with Crippen LogP contribution in [0.2, 0.25) is 0 Å². The minimum Gasteiger partial charge on any atom is -0.374 e. The van der Waals surface area contributed by atoms with Gasteiger partial charge in [0.25, 0.3) is 0 Å². The number of hydrogen-bond acceptors (Lipinski definition) is 2. The summed E-state index contributed by atoms with van der Waals surface area (Å²) in [6.07, 6.45) is 0.978. The van der Waals surface area contributed by atoms with E-state index in [1.807, 2.05) is 26.0 Å². The fraction of sp³-hybridized carbons (Fsp3) is 0.500. The number of fused-ring (bicyclic) bond motifs is 1. The van der Waals surface area contributed by atoms with E-state index in [0.717, 1.165) is 13.0 Å². The van der Waals surface area contributed by atoms with E-state index in [-0.39, 0.29) is 17.9 Å². The van der Waals surface area contributed by atoms with E-state index in [1.165, 1.54) is 11.3 Å². The van der Waals surface area contributed by atoms with Crippen molar-refractivity contribution < 1.29 is 4.79 Å². The summed E-state index contributed by atoms with van der Waals surface area (Å²) in [5.74, 6) is 0.177. The summed E-state index contributed by atoms with van der Waals surface area (Å²) in [5, 5.41) is 3.13. The van der Waals surface area contributed by atoms with Crippen LogP contribution in [0.25, 0.3) is 0 Å². The Balaban J connectivity index is 2.21. The maximum absolute atomic E-state index is 11.8. The van der Waals surface area contributed by atoms with E-state index < -0.39 is 0 Å². The molecular formula is C14H20N2O. The Labute approximate surface area is 103 Å². The molecule has 0 fully saturated rings. The third kappa shape index (κ3) is 2.43. The number of amides is 1. The van der Waals surface area contributed by atoms with Crippen molar-refractivity contribution in [1.29, 1.82) is 0 Å². The van der Waals surface area contributed by atoms with Crippen molar-refractivity contribution >= 4 is 11.6 Å². The fourth-order valence-corrected chi connectivity index (χ4v) is 2.22. The van der Waals surface area contributed by atoms with Gasteiger partial charge in [0.15, 0.2) is 0 Å². The van der Waals surface area contributed by atoms with Crippen LogP contribution in [0, 0.1) is 5.92 Å². The lowest BCUT2D eigenvalue weighted by atomic mass is 9.96. The molecule has 1 amide bonds. The van der Waals surface area contributed by atoms with Gasteiger partial charge < -0.3 is 10.2 Å². The molecule has 0 radical (unpaired) electrons. The highest BCUT2D eigenvalue weighted by atomic mass is 16.1. The van der Waals surface area contributed by atoms with Gasteiger partial charge in [-0.15, -0.1) is 0 Å². The smallest absolute Gasteiger partial charge is 0.223 e. The molecule has 1 atom stereocenters. The van der Waals surface area contributed by atoms with E-state index in [4.69, 9.17) is 0 Å². The number of carbonyl (C=O) groups is 1. The Morgan fingerprint density at radius 2 is 2.12 bits per heavy atom. The molecule has 1 N–H and O–H groups in total. The maximum atomic E-state index is 11.8. The molecule has 0 bridgehead atoms. The first-order valence-corrected chi connectivity index (χ1v) is 6.20. The zero-order valence-corrected chi connectivity index (χ0v) is 10.7. The summed E-state index contributed by atoms with van der Waals surface area (Å²) >= 11 is 0. The van der Waals surface area contributed by atoms with Crippen molar-refractivity contribution in [2.24, 2.45) is 5.92 Å². The lowest BCUT2D eigenvalue weighted by Crippen LogP contribution is -2.37. The van der Waals surface area contributed by atoms with Crippen LogP contribution in [0.5, 0.6) is 0 Å². The number of hydrogen-bond donors (Lipinski definition) is 1. The van der Waals surface area contributed by atoms with Gasteiger partial charge in [0, 0.05) is 25.2 Å². The largest absolute Gasteiger partial charge is 0.374 e. The van der Waals surface area contributed by atoms with E-state index in [1.54, 1.807) is 0 Å². The van der Waals surface area contributed by atoms with Crippen LogP contribution in [-0.4, -0.2) is 19.5 Å². The summed E-state index contributed by atoms with van der Waals surface area (Å²) in [4.78, 5) is 14.0. The van der Waals surface area contributed by atoms with Crippen LogP contribution in [0.3, 0.4) is 0 Å². The molecule has 0 aliphatic carbocycles. The van der Waals surface area contributed by atoms with Crippen molar-refractivity contribution in [2.75, 3.05) is 18.5 Å². The predicted octanol–water partition coefficient (Wildman–Crippen LogP) is 2.34. The Bertz CT molecular complexity index is 414. The van der Waals surface area contributed by atoms with Crippen molar-refractivity contribution in [1.82, 2.24) is 5.32 Å². The highest BCUT2D eigenvalue weighted by Crippen LogP contribution is 2.32. The average molecular weight is 232 g/mol. The summed E-state index contributed by atoms with van der Waals surface area (Å²) in [5.41, 5.74) is 2.46. The SMILES string of the molecule is CC(C)C(=O)NC1CCN(C)c2ccccc21. The molecule has 1 aromatic rings. The number of nitrogens with zero attached hydrogens (tertiary/aromatic N) is 1. The quantitative estimate of drug-likeness (QED) is 0.849. The molecule has 92 valence electrons. The van der Waals surface area contributed by atoms with Crippen LogP contribution in [0.1, 0.15) is 31.9 Å². The lowest BCUT2D eigenvalue weighted by molar-refractivity contribution is -0.124. The minimum atomic E-state index is 0.0434. The molecule has 1 heterocycles. The summed E-state index contributed by atoms with van der Waals surface area (Å²) in [6, 6.07) is 8.46. The van der Waals surface area contributed by atoms with Crippen molar-refractivity contribution in [3.8, 4) is 0 Å². The molecule has 1 unspecified atom stereocenters. The highest BCUT2D eigenvalue weighted by molar-refractivity contribution is 5.78. The van der Waals surface area contributed by atoms with Crippen LogP contribution in [0.4, 0.5) is 5.69 Å². The first kappa shape index (κ1) is 12.0. The van der Waals surface area contributed by atoms with Gasteiger partial charge in [-0.1, -0.05) is 32.0 Å². The first-order chi connectivity index (χ1) is 8.09. The Hall–Kier alpha value is -1.51. The molecule has 3 heteroatoms. The second-order valence-electron chi connectivity index (χ2n) is 4.98. The van der Waals surface area contributed by atoms with Gasteiger partial charge in [0.1, 0.15) is 0 Å². The molecule has 1 aliphatic heterocycles. The van der Waals surface area contributed by atoms with Crippen molar-refractivity contribution in [3.05, 3.63) is 29.8 Å². The Kier molecular flexibility index (Phi) is 3.36. The Morgan fingerprint density at radius 3 is 2.82 bits per heavy atom. The fourth-order valence-electron chi connectivity index (χ4n) is 2.22. The van der Waals surface area contributed by atoms with Crippen molar-refractivity contribution in [2.45, 2.75) is 26.3 Å². The molecule has 0 spiro atoms. The third-order valence-corrected chi connectivity index (χ3v) is 3.32. The van der Waals surface area contributed by atoms with Crippen LogP contribution >= 0.6 is 0 Å². The molecule has 1 aromatic carbocycles. The second kappa shape index (κ2) is 4.78. The van der Waals surface area contributed by atoms with Gasteiger partial charge in [-0.2, -0.15) is 0 Å². The van der Waals surface area contributed by atoms with Gasteiger partial charge in [0.2, 0.25) is 5.91 Å². The zero-order valence-electron chi connectivity index (χ0n) is 10.7. The second-order valence-corrected chi connectivity index (χ2v) is 4.98. The molecule has 0 saturated carbocycles. The standard InChI is InChI=1S/C14H20N2O/c1-10(2)14(17)15-12-8-9-16(3)13-7-5-4-6-11(12)13/h4-7,10,12H,8-9H2,1-3H3,(H,15,17). The first-order valence-electron chi connectivity index (χ1n) is 6.20. The monoisotopic (exact) mass is 232 g/mol. The van der Waals surface area contributed by atoms with E-state index in [9.17, 15) is 4.79 Å². The summed E-state index contributed by atoms with van der Waals surface area (Å²) < 4.78 is 0. The van der Waals surface area contributed by atoms with Gasteiger partial charge in [-0.25, -0.2) is 0 Å². The van der Waals surface area contributed by atoms with Gasteiger partial charge in [0.05, 0.1) is 6.04 Å². The third-order valence-electron chi connectivity index (χ3n) is 3.32. The summed E-state index contributed by atoms with van der Waals surface area (Å²) in [7, 11) is 2.10. The number of para-hydroxylation sites is 1. The van der Waals surface area contributed by atoms with Gasteiger partial charge in [-0.3, -0.25) is 4.79 Å². The molecule has 3 nitrogen and oxygen atoms in total. The number of carbonyl (C=O) groups excluding carboxylic acids is 1. The Morgan fingerprint density at radius 1 is 1.41 bits per heavy atom. The summed E-state index contributed by atoms with van der Waals surface area (Å²) in [6.45, 7) is 4.84. The number of anilines is 1. The van der Waals surface area contributed by atoms with E-state index in [0.29, 0.717) is 0 Å². The molecule has 0 aromatic heterocycles. The zero-order chi connectivity index (χ0) is 12.4.